The minimum absolute atomic E-state index is 0. The van der Waals surface area contributed by atoms with Crippen molar-refractivity contribution in [3.8, 4) is 0 Å². The molecule has 1 aromatic heterocycles. The number of hydrogen-bond acceptors (Lipinski definition) is 2. The van der Waals surface area contributed by atoms with E-state index in [1.165, 1.54) is 0 Å². The van der Waals surface area contributed by atoms with Crippen molar-refractivity contribution < 1.29 is 26.3 Å². The molecule has 0 fully saturated rings. The van der Waals surface area contributed by atoms with Crippen LogP contribution < -0.4 is 5.73 Å². The Hall–Kier alpha value is -1.02. The van der Waals surface area contributed by atoms with Gasteiger partial charge in [0.1, 0.15) is 6.04 Å². The third kappa shape index (κ3) is 3.01. The predicted molar refractivity (Wildman–Crippen MR) is 49.4 cm³/mol. The largest absolute Gasteiger partial charge is 0.455 e. The van der Waals surface area contributed by atoms with E-state index in [-0.39, 0.29) is 12.4 Å². The molecule has 0 saturated carbocycles. The number of aromatic nitrogens is 1. The van der Waals surface area contributed by atoms with Gasteiger partial charge in [-0.3, -0.25) is 0 Å². The topological polar surface area (TPSA) is 38.9 Å². The first-order valence-corrected chi connectivity index (χ1v) is 3.98. The predicted octanol–water partition coefficient (Wildman–Crippen LogP) is 2.84. The molecule has 17 heavy (non-hydrogen) atoms. The number of rotatable bonds is 2. The number of hydrogen-bond donors (Lipinski definition) is 1. The van der Waals surface area contributed by atoms with Crippen molar-refractivity contribution in [2.24, 2.45) is 5.73 Å². The van der Waals surface area contributed by atoms with Crippen LogP contribution in [0.1, 0.15) is 11.6 Å². The van der Waals surface area contributed by atoms with Gasteiger partial charge >= 0.3 is 12.1 Å². The monoisotopic (exact) mass is 280 g/mol. The highest BCUT2D eigenvalue weighted by atomic mass is 35.5. The highest BCUT2D eigenvalue weighted by molar-refractivity contribution is 5.85. The second-order valence-corrected chi connectivity index (χ2v) is 2.98. The fourth-order valence-corrected chi connectivity index (χ4v) is 1.00. The summed E-state index contributed by atoms with van der Waals surface area (Å²) < 4.78 is 74.1. The summed E-state index contributed by atoms with van der Waals surface area (Å²) in [5.41, 5.74) is 3.73. The molecular formula is C8H7ClF6N2. The SMILES string of the molecule is Cl.N[C@@H](c1cccnc1F)C(F)(F)C(F)(F)F. The van der Waals surface area contributed by atoms with Crippen molar-refractivity contribution >= 4 is 12.4 Å². The number of alkyl halides is 5. The van der Waals surface area contributed by atoms with Crippen molar-refractivity contribution in [3.63, 3.8) is 0 Å². The fourth-order valence-electron chi connectivity index (χ4n) is 1.00. The minimum atomic E-state index is -5.84. The Labute approximate surface area is 98.2 Å². The molecule has 98 valence electrons. The zero-order valence-electron chi connectivity index (χ0n) is 8.01. The highest BCUT2D eigenvalue weighted by Crippen LogP contribution is 2.43. The first kappa shape index (κ1) is 16.0. The normalized spacial score (nSPS) is 14.1. The van der Waals surface area contributed by atoms with Gasteiger partial charge in [-0.15, -0.1) is 12.4 Å². The quantitative estimate of drug-likeness (QED) is 0.668. The van der Waals surface area contributed by atoms with Gasteiger partial charge in [-0.05, 0) is 6.07 Å². The summed E-state index contributed by atoms with van der Waals surface area (Å²) in [6.45, 7) is 0. The standard InChI is InChI=1S/C8H6F6N2.ClH/c9-6-4(2-1-3-16-6)5(15)7(10,11)8(12,13)14;/h1-3,5H,15H2;1H/t5-;/m0./s1. The molecule has 1 atom stereocenters. The number of nitrogens with two attached hydrogens (primary N) is 1. The smallest absolute Gasteiger partial charge is 0.319 e. The summed E-state index contributed by atoms with van der Waals surface area (Å²) in [6.07, 6.45) is -4.92. The Kier molecular flexibility index (Phi) is 4.79. The van der Waals surface area contributed by atoms with Gasteiger partial charge in [-0.1, -0.05) is 6.07 Å². The first-order chi connectivity index (χ1) is 7.18. The van der Waals surface area contributed by atoms with Gasteiger partial charge in [-0.25, -0.2) is 4.98 Å². The second-order valence-electron chi connectivity index (χ2n) is 2.98. The van der Waals surface area contributed by atoms with Crippen LogP contribution in [0, 0.1) is 5.95 Å². The Morgan fingerprint density at radius 2 is 1.71 bits per heavy atom. The van der Waals surface area contributed by atoms with Gasteiger partial charge in [0.2, 0.25) is 5.95 Å². The van der Waals surface area contributed by atoms with Crippen molar-refractivity contribution in [2.75, 3.05) is 0 Å². The molecule has 0 aromatic carbocycles. The average Bonchev–Trinajstić information content (AvgIpc) is 2.15. The van der Waals surface area contributed by atoms with E-state index in [4.69, 9.17) is 5.73 Å². The number of pyridine rings is 1. The van der Waals surface area contributed by atoms with Crippen LogP contribution in [0.25, 0.3) is 0 Å². The molecule has 0 aliphatic rings. The maximum atomic E-state index is 12.9. The summed E-state index contributed by atoms with van der Waals surface area (Å²) in [5, 5.41) is 0. The molecule has 9 heteroatoms. The summed E-state index contributed by atoms with van der Waals surface area (Å²) in [6, 6.07) is -1.07. The van der Waals surface area contributed by atoms with Crippen LogP contribution in [-0.2, 0) is 0 Å². The van der Waals surface area contributed by atoms with E-state index in [9.17, 15) is 26.3 Å². The Morgan fingerprint density at radius 3 is 2.12 bits per heavy atom. The van der Waals surface area contributed by atoms with Crippen molar-refractivity contribution in [1.82, 2.24) is 4.98 Å². The van der Waals surface area contributed by atoms with Crippen LogP contribution in [0.2, 0.25) is 0 Å². The molecule has 2 nitrogen and oxygen atoms in total. The zero-order valence-corrected chi connectivity index (χ0v) is 8.83. The van der Waals surface area contributed by atoms with Crippen LogP contribution >= 0.6 is 12.4 Å². The maximum Gasteiger partial charge on any atom is 0.455 e. The van der Waals surface area contributed by atoms with Gasteiger partial charge in [0, 0.05) is 11.8 Å². The molecule has 0 aliphatic carbocycles. The highest BCUT2D eigenvalue weighted by Gasteiger charge is 2.62. The Bertz CT molecular complexity index is 381. The molecule has 0 unspecified atom stereocenters. The van der Waals surface area contributed by atoms with Crippen LogP contribution in [0.15, 0.2) is 18.3 Å². The first-order valence-electron chi connectivity index (χ1n) is 3.98. The van der Waals surface area contributed by atoms with E-state index >= 15 is 0 Å². The van der Waals surface area contributed by atoms with Gasteiger partial charge in [0.05, 0.1) is 0 Å². The van der Waals surface area contributed by atoms with Crippen molar-refractivity contribution in [2.45, 2.75) is 18.1 Å². The number of nitrogens with zero attached hydrogens (tertiary/aromatic N) is 1. The van der Waals surface area contributed by atoms with E-state index in [2.05, 4.69) is 4.98 Å². The molecule has 1 rings (SSSR count). The van der Waals surface area contributed by atoms with E-state index in [0.717, 1.165) is 18.3 Å². The van der Waals surface area contributed by atoms with E-state index < -0.39 is 29.7 Å². The molecule has 1 heterocycles. The van der Waals surface area contributed by atoms with Gasteiger partial charge in [0.15, 0.2) is 0 Å². The third-order valence-corrected chi connectivity index (χ3v) is 1.89. The zero-order chi connectivity index (χ0) is 12.6. The molecule has 0 radical (unpaired) electrons. The lowest BCUT2D eigenvalue weighted by Gasteiger charge is -2.25. The molecule has 2 N–H and O–H groups in total. The molecule has 0 aliphatic heterocycles. The van der Waals surface area contributed by atoms with Crippen LogP contribution in [0.5, 0.6) is 0 Å². The lowest BCUT2D eigenvalue weighted by molar-refractivity contribution is -0.291. The fraction of sp³-hybridized carbons (Fsp3) is 0.375. The molecule has 0 saturated heterocycles. The minimum Gasteiger partial charge on any atom is -0.319 e. The van der Waals surface area contributed by atoms with Crippen LogP contribution in [0.4, 0.5) is 26.3 Å². The van der Waals surface area contributed by atoms with Crippen LogP contribution in [0.3, 0.4) is 0 Å². The Balaban J connectivity index is 0.00000256. The van der Waals surface area contributed by atoms with E-state index in [0.29, 0.717) is 0 Å². The average molecular weight is 281 g/mol. The number of halogens is 7. The molecular weight excluding hydrogens is 274 g/mol. The third-order valence-electron chi connectivity index (χ3n) is 1.89. The van der Waals surface area contributed by atoms with E-state index in [1.807, 2.05) is 0 Å². The maximum absolute atomic E-state index is 12.9. The van der Waals surface area contributed by atoms with Crippen molar-refractivity contribution in [1.29, 1.82) is 0 Å². The molecule has 0 bridgehead atoms. The summed E-state index contributed by atoms with van der Waals surface area (Å²) in [5.74, 6) is -6.66. The van der Waals surface area contributed by atoms with Gasteiger partial charge in [0.25, 0.3) is 0 Å². The summed E-state index contributed by atoms with van der Waals surface area (Å²) in [7, 11) is 0. The molecule has 0 amide bonds. The van der Waals surface area contributed by atoms with Gasteiger partial charge in [-0.2, -0.15) is 26.3 Å². The van der Waals surface area contributed by atoms with E-state index in [1.54, 1.807) is 0 Å². The summed E-state index contributed by atoms with van der Waals surface area (Å²) in [4.78, 5) is 2.95. The lowest BCUT2D eigenvalue weighted by Crippen LogP contribution is -2.46. The second kappa shape index (κ2) is 5.09. The Morgan fingerprint density at radius 1 is 1.18 bits per heavy atom. The molecule has 1 aromatic rings. The summed E-state index contributed by atoms with van der Waals surface area (Å²) >= 11 is 0. The molecule has 0 spiro atoms. The van der Waals surface area contributed by atoms with Gasteiger partial charge < -0.3 is 5.73 Å². The van der Waals surface area contributed by atoms with Crippen LogP contribution in [-0.4, -0.2) is 17.1 Å². The lowest BCUT2D eigenvalue weighted by atomic mass is 10.0. The van der Waals surface area contributed by atoms with Crippen molar-refractivity contribution in [3.05, 3.63) is 29.8 Å².